The van der Waals surface area contributed by atoms with E-state index >= 15 is 0 Å². The number of rotatable bonds is 1. The molecule has 0 bridgehead atoms. The van der Waals surface area contributed by atoms with E-state index < -0.39 is 0 Å². The first kappa shape index (κ1) is 10.2. The van der Waals surface area contributed by atoms with Crippen LogP contribution in [0.3, 0.4) is 0 Å². The van der Waals surface area contributed by atoms with Gasteiger partial charge in [0.2, 0.25) is 0 Å². The highest BCUT2D eigenvalue weighted by atomic mass is 35.5. The second-order valence-electron chi connectivity index (χ2n) is 2.41. The Balaban J connectivity index is 0. The van der Waals surface area contributed by atoms with Crippen molar-refractivity contribution in [2.75, 3.05) is 27.1 Å². The highest BCUT2D eigenvalue weighted by molar-refractivity contribution is 6.16. The molecule has 0 aliphatic rings. The van der Waals surface area contributed by atoms with Crippen LogP contribution in [0.15, 0.2) is 0 Å². The quantitative estimate of drug-likeness (QED) is 0.289. The molecule has 0 aliphatic carbocycles. The van der Waals surface area contributed by atoms with E-state index in [2.05, 4.69) is 0 Å². The molecule has 0 saturated carbocycles. The molecule has 2 nitrogen and oxygen atoms in total. The van der Waals surface area contributed by atoms with Crippen molar-refractivity contribution in [3.63, 3.8) is 0 Å². The molecule has 0 aromatic carbocycles. The first-order chi connectivity index (χ1) is 2.56. The molecule has 0 rings (SSSR count). The molecular weight excluding hydrogens is 114 g/mol. The van der Waals surface area contributed by atoms with E-state index in [1.807, 2.05) is 21.1 Å². The van der Waals surface area contributed by atoms with E-state index in [4.69, 9.17) is 11.6 Å². The van der Waals surface area contributed by atoms with Crippen LogP contribution in [0.1, 0.15) is 0 Å². The van der Waals surface area contributed by atoms with Crippen molar-refractivity contribution in [1.29, 1.82) is 0 Å². The molecule has 0 aliphatic heterocycles. The van der Waals surface area contributed by atoms with E-state index in [0.717, 1.165) is 4.48 Å². The van der Waals surface area contributed by atoms with E-state index in [1.165, 1.54) is 0 Å². The van der Waals surface area contributed by atoms with Gasteiger partial charge in [0.15, 0.2) is 6.00 Å². The molecular formula is C4H12ClNO. The van der Waals surface area contributed by atoms with Crippen LogP contribution in [0.4, 0.5) is 0 Å². The van der Waals surface area contributed by atoms with E-state index in [-0.39, 0.29) is 5.48 Å². The Kier molecular flexibility index (Phi) is 4.75. The molecule has 0 amide bonds. The number of nitrogens with zero attached hydrogens (tertiary/aromatic N) is 1. The van der Waals surface area contributed by atoms with Crippen LogP contribution in [-0.4, -0.2) is 37.1 Å². The molecule has 7 heavy (non-hydrogen) atoms. The van der Waals surface area contributed by atoms with Gasteiger partial charge in [-0.3, -0.25) is 0 Å². The summed E-state index contributed by atoms with van der Waals surface area (Å²) in [5.41, 5.74) is 0. The number of hydrogen-bond acceptors (Lipinski definition) is 1. The Labute approximate surface area is 49.6 Å². The maximum Gasteiger partial charge on any atom is 0.154 e. The average molecular weight is 126 g/mol. The summed E-state index contributed by atoms with van der Waals surface area (Å²) < 4.78 is 0.835. The van der Waals surface area contributed by atoms with Gasteiger partial charge in [0.05, 0.1) is 21.1 Å². The third-order valence-corrected chi connectivity index (χ3v) is 1.08. The van der Waals surface area contributed by atoms with Crippen molar-refractivity contribution >= 4 is 11.6 Å². The van der Waals surface area contributed by atoms with Gasteiger partial charge in [-0.1, -0.05) is 11.6 Å². The molecule has 0 unspecified atom stereocenters. The molecule has 0 radical (unpaired) electrons. The first-order valence-electron chi connectivity index (χ1n) is 1.93. The molecule has 0 saturated heterocycles. The molecule has 0 fully saturated rings. The van der Waals surface area contributed by atoms with Crippen LogP contribution in [0, 0.1) is 0 Å². The molecule has 0 aromatic rings. The predicted molar refractivity (Wildman–Crippen MR) is 30.7 cm³/mol. The van der Waals surface area contributed by atoms with Crippen molar-refractivity contribution in [1.82, 2.24) is 0 Å². The molecule has 1 N–H and O–H groups in total. The van der Waals surface area contributed by atoms with E-state index in [9.17, 15) is 0 Å². The van der Waals surface area contributed by atoms with Gasteiger partial charge in [0.25, 0.3) is 0 Å². The number of alkyl halides is 1. The minimum atomic E-state index is 0. The van der Waals surface area contributed by atoms with Crippen LogP contribution >= 0.6 is 11.6 Å². The lowest BCUT2D eigenvalue weighted by Gasteiger charge is -2.18. The topological polar surface area (TPSA) is 30.0 Å². The van der Waals surface area contributed by atoms with Gasteiger partial charge in [0, 0.05) is 0 Å². The average Bonchev–Trinajstić information content (AvgIpc) is 1.35. The van der Waals surface area contributed by atoms with Crippen molar-refractivity contribution in [3.8, 4) is 0 Å². The maximum absolute atomic E-state index is 5.45. The van der Waals surface area contributed by atoms with Crippen molar-refractivity contribution < 1.29 is 9.96 Å². The molecule has 3 heteroatoms. The molecule has 0 spiro atoms. The smallest absolute Gasteiger partial charge is 0.154 e. The minimum absolute atomic E-state index is 0. The predicted octanol–water partition coefficient (Wildman–Crippen LogP) is 0.712. The van der Waals surface area contributed by atoms with Gasteiger partial charge in [0.1, 0.15) is 0 Å². The van der Waals surface area contributed by atoms with Gasteiger partial charge in [-0.2, -0.15) is 0 Å². The third kappa shape index (κ3) is 10.7. The summed E-state index contributed by atoms with van der Waals surface area (Å²) in [6.45, 7) is 0. The summed E-state index contributed by atoms with van der Waals surface area (Å²) in [4.78, 5) is 0. The Morgan fingerprint density at radius 1 is 1.29 bits per heavy atom. The van der Waals surface area contributed by atoms with E-state index in [1.54, 1.807) is 0 Å². The Bertz CT molecular complexity index is 41.4. The Hall–Kier alpha value is 0.210. The van der Waals surface area contributed by atoms with Crippen LogP contribution in [0.2, 0.25) is 0 Å². The largest absolute Gasteiger partial charge is 0.870 e. The molecule has 46 valence electrons. The fraction of sp³-hybridized carbons (Fsp3) is 1.00. The number of halogens is 1. The zero-order chi connectivity index (χ0) is 5.21. The summed E-state index contributed by atoms with van der Waals surface area (Å²) in [6.07, 6.45) is 0. The summed E-state index contributed by atoms with van der Waals surface area (Å²) in [6, 6.07) is 0.681. The van der Waals surface area contributed by atoms with Gasteiger partial charge in [-0.05, 0) is 0 Å². The lowest BCUT2D eigenvalue weighted by Crippen LogP contribution is -2.32. The third-order valence-electron chi connectivity index (χ3n) is 0.359. The zero-order valence-corrected chi connectivity index (χ0v) is 5.74. The molecule has 0 heterocycles. The first-order valence-corrected chi connectivity index (χ1v) is 2.46. The second kappa shape index (κ2) is 3.24. The highest BCUT2D eigenvalue weighted by Gasteiger charge is 1.99. The van der Waals surface area contributed by atoms with Crippen LogP contribution < -0.4 is 0 Å². The van der Waals surface area contributed by atoms with Gasteiger partial charge in [-0.15, -0.1) is 0 Å². The highest BCUT2D eigenvalue weighted by Crippen LogP contribution is 1.89. The lowest BCUT2D eigenvalue weighted by atomic mass is 10.8. The van der Waals surface area contributed by atoms with Crippen LogP contribution in [0.25, 0.3) is 0 Å². The van der Waals surface area contributed by atoms with Crippen LogP contribution in [0.5, 0.6) is 0 Å². The van der Waals surface area contributed by atoms with Gasteiger partial charge < -0.3 is 9.96 Å². The SMILES string of the molecule is C[N+](C)(C)CCl.[OH-]. The summed E-state index contributed by atoms with van der Waals surface area (Å²) in [5.74, 6) is 0. The normalized spacial score (nSPS) is 10.3. The van der Waals surface area contributed by atoms with Crippen molar-refractivity contribution in [3.05, 3.63) is 0 Å². The van der Waals surface area contributed by atoms with Crippen molar-refractivity contribution in [2.24, 2.45) is 0 Å². The van der Waals surface area contributed by atoms with Crippen molar-refractivity contribution in [2.45, 2.75) is 0 Å². The summed E-state index contributed by atoms with van der Waals surface area (Å²) in [5, 5.41) is 0. The molecule has 0 atom stereocenters. The molecule has 0 aromatic heterocycles. The minimum Gasteiger partial charge on any atom is -0.870 e. The Morgan fingerprint density at radius 2 is 1.43 bits per heavy atom. The van der Waals surface area contributed by atoms with Crippen LogP contribution in [-0.2, 0) is 0 Å². The van der Waals surface area contributed by atoms with E-state index in [0.29, 0.717) is 6.00 Å². The number of quaternary nitrogens is 1. The van der Waals surface area contributed by atoms with Gasteiger partial charge in [-0.25, -0.2) is 0 Å². The fourth-order valence-corrected chi connectivity index (χ4v) is 0. The summed E-state index contributed by atoms with van der Waals surface area (Å²) >= 11 is 5.45. The maximum atomic E-state index is 5.45. The Morgan fingerprint density at radius 3 is 1.43 bits per heavy atom. The monoisotopic (exact) mass is 125 g/mol. The number of hydrogen-bond donors (Lipinski definition) is 0. The summed E-state index contributed by atoms with van der Waals surface area (Å²) in [7, 11) is 6.15. The fourth-order valence-electron chi connectivity index (χ4n) is 0. The second-order valence-corrected chi connectivity index (χ2v) is 2.65. The van der Waals surface area contributed by atoms with Gasteiger partial charge >= 0.3 is 0 Å². The lowest BCUT2D eigenvalue weighted by molar-refractivity contribution is -0.858. The zero-order valence-electron chi connectivity index (χ0n) is 4.98. The standard InChI is InChI=1S/C4H11ClN.H2O/c1-6(2,3)4-5;/h4H2,1-3H3;1H2/q+1;/p-1.